The number of imide groups is 1. The molecular formula is C19H18N2O4S2. The Morgan fingerprint density at radius 1 is 1.22 bits per heavy atom. The number of benzene rings is 1. The van der Waals surface area contributed by atoms with Gasteiger partial charge in [-0.1, -0.05) is 12.1 Å². The van der Waals surface area contributed by atoms with Crippen LogP contribution in [0.15, 0.2) is 50.6 Å². The van der Waals surface area contributed by atoms with Gasteiger partial charge in [-0.15, -0.1) is 11.8 Å². The number of hydrogen-bond acceptors (Lipinski definition) is 6. The fourth-order valence-corrected chi connectivity index (χ4v) is 3.74. The summed E-state index contributed by atoms with van der Waals surface area (Å²) in [5, 5.41) is 2.31. The predicted octanol–water partition coefficient (Wildman–Crippen LogP) is 3.78. The van der Waals surface area contributed by atoms with Gasteiger partial charge in [0, 0.05) is 18.0 Å². The van der Waals surface area contributed by atoms with Crippen LogP contribution in [0.5, 0.6) is 0 Å². The van der Waals surface area contributed by atoms with Gasteiger partial charge in [-0.05, 0) is 60.8 Å². The van der Waals surface area contributed by atoms with Crippen molar-refractivity contribution >= 4 is 46.7 Å². The molecule has 1 saturated heterocycles. The summed E-state index contributed by atoms with van der Waals surface area (Å²) in [6, 6.07) is 11.0. The number of amides is 3. The Kier molecular flexibility index (Phi) is 6.08. The van der Waals surface area contributed by atoms with Crippen LogP contribution in [0.25, 0.3) is 6.08 Å². The van der Waals surface area contributed by atoms with Gasteiger partial charge in [0.15, 0.2) is 5.76 Å². The third-order valence-corrected chi connectivity index (χ3v) is 5.52. The SMILES string of the molecule is CSc1ccc(/C=C2/SC(=O)N(CCNC(=O)c3ccc(C)o3)C2=O)cc1. The van der Waals surface area contributed by atoms with E-state index in [2.05, 4.69) is 5.32 Å². The van der Waals surface area contributed by atoms with Crippen LogP contribution in [0.1, 0.15) is 21.9 Å². The molecule has 0 aliphatic carbocycles. The molecule has 6 nitrogen and oxygen atoms in total. The van der Waals surface area contributed by atoms with Crippen molar-refractivity contribution in [3.63, 3.8) is 0 Å². The zero-order valence-corrected chi connectivity index (χ0v) is 16.5. The molecule has 1 N–H and O–H groups in total. The molecule has 0 atom stereocenters. The standard InChI is InChI=1S/C19H18N2O4S2/c1-12-3-8-15(25-12)17(22)20-9-10-21-18(23)16(27-19(21)24)11-13-4-6-14(26-2)7-5-13/h3-8,11H,9-10H2,1-2H3,(H,20,22)/b16-11+. The normalized spacial score (nSPS) is 15.6. The topological polar surface area (TPSA) is 79.6 Å². The number of rotatable bonds is 6. The van der Waals surface area contributed by atoms with Gasteiger partial charge < -0.3 is 9.73 Å². The summed E-state index contributed by atoms with van der Waals surface area (Å²) in [6.45, 7) is 2.02. The molecule has 0 spiro atoms. The lowest BCUT2D eigenvalue weighted by molar-refractivity contribution is -0.122. The first kappa shape index (κ1) is 19.3. The molecule has 8 heteroatoms. The van der Waals surface area contributed by atoms with E-state index >= 15 is 0 Å². The Balaban J connectivity index is 1.58. The van der Waals surface area contributed by atoms with Crippen LogP contribution < -0.4 is 5.32 Å². The number of aryl methyl sites for hydroxylation is 1. The molecule has 1 aliphatic rings. The monoisotopic (exact) mass is 402 g/mol. The summed E-state index contributed by atoms with van der Waals surface area (Å²) in [5.41, 5.74) is 0.861. The van der Waals surface area contributed by atoms with Crippen molar-refractivity contribution in [3.8, 4) is 0 Å². The summed E-state index contributed by atoms with van der Waals surface area (Å²) in [5.74, 6) is 0.124. The molecule has 2 aromatic rings. The lowest BCUT2D eigenvalue weighted by Gasteiger charge is -2.12. The smallest absolute Gasteiger partial charge is 0.293 e. The zero-order chi connectivity index (χ0) is 19.4. The molecule has 2 heterocycles. The average molecular weight is 402 g/mol. The van der Waals surface area contributed by atoms with Gasteiger partial charge in [-0.25, -0.2) is 0 Å². The van der Waals surface area contributed by atoms with Crippen LogP contribution in [0, 0.1) is 6.92 Å². The lowest BCUT2D eigenvalue weighted by atomic mass is 10.2. The van der Waals surface area contributed by atoms with Gasteiger partial charge in [-0.2, -0.15) is 0 Å². The Hall–Kier alpha value is -2.45. The van der Waals surface area contributed by atoms with E-state index in [1.165, 1.54) is 0 Å². The Morgan fingerprint density at radius 3 is 2.59 bits per heavy atom. The number of furan rings is 1. The predicted molar refractivity (Wildman–Crippen MR) is 107 cm³/mol. The van der Waals surface area contributed by atoms with Crippen LogP contribution >= 0.6 is 23.5 Å². The largest absolute Gasteiger partial charge is 0.456 e. The van der Waals surface area contributed by atoms with E-state index in [1.807, 2.05) is 30.5 Å². The summed E-state index contributed by atoms with van der Waals surface area (Å²) in [4.78, 5) is 39.2. The minimum Gasteiger partial charge on any atom is -0.456 e. The fourth-order valence-electron chi connectivity index (χ4n) is 2.47. The van der Waals surface area contributed by atoms with E-state index in [0.717, 1.165) is 27.1 Å². The number of thioether (sulfide) groups is 2. The first-order chi connectivity index (χ1) is 13.0. The maximum atomic E-state index is 12.5. The van der Waals surface area contributed by atoms with Crippen LogP contribution in [0.4, 0.5) is 4.79 Å². The molecule has 27 heavy (non-hydrogen) atoms. The average Bonchev–Trinajstić information content (AvgIpc) is 3.21. The number of nitrogens with one attached hydrogen (secondary N) is 1. The Morgan fingerprint density at radius 2 is 1.96 bits per heavy atom. The van der Waals surface area contributed by atoms with Crippen LogP contribution in [0.2, 0.25) is 0 Å². The van der Waals surface area contributed by atoms with Gasteiger partial charge in [0.25, 0.3) is 17.1 Å². The molecule has 0 radical (unpaired) electrons. The van der Waals surface area contributed by atoms with E-state index in [4.69, 9.17) is 4.42 Å². The van der Waals surface area contributed by atoms with E-state index < -0.39 is 0 Å². The van der Waals surface area contributed by atoms with Gasteiger partial charge in [-0.3, -0.25) is 19.3 Å². The van der Waals surface area contributed by atoms with Gasteiger partial charge in [0.2, 0.25) is 0 Å². The van der Waals surface area contributed by atoms with Crippen molar-refractivity contribution in [1.29, 1.82) is 0 Å². The van der Waals surface area contributed by atoms with Gasteiger partial charge in [0.1, 0.15) is 5.76 Å². The first-order valence-corrected chi connectivity index (χ1v) is 10.3. The highest BCUT2D eigenvalue weighted by Gasteiger charge is 2.34. The molecule has 1 aromatic carbocycles. The molecule has 3 amide bonds. The van der Waals surface area contributed by atoms with Crippen molar-refractivity contribution in [2.24, 2.45) is 0 Å². The van der Waals surface area contributed by atoms with Crippen molar-refractivity contribution < 1.29 is 18.8 Å². The summed E-state index contributed by atoms with van der Waals surface area (Å²) >= 11 is 2.54. The fraction of sp³-hybridized carbons (Fsp3) is 0.211. The number of carbonyl (C=O) groups excluding carboxylic acids is 3. The molecular weight excluding hydrogens is 384 g/mol. The molecule has 140 valence electrons. The number of carbonyl (C=O) groups is 3. The second-order valence-electron chi connectivity index (χ2n) is 5.77. The van der Waals surface area contributed by atoms with Crippen LogP contribution in [0.3, 0.4) is 0 Å². The first-order valence-electron chi connectivity index (χ1n) is 8.22. The van der Waals surface area contributed by atoms with Gasteiger partial charge >= 0.3 is 0 Å². The second kappa shape index (κ2) is 8.49. The number of nitrogens with zero attached hydrogens (tertiary/aromatic N) is 1. The maximum absolute atomic E-state index is 12.5. The molecule has 1 fully saturated rings. The van der Waals surface area contributed by atoms with Crippen molar-refractivity contribution in [3.05, 3.63) is 58.4 Å². The highest BCUT2D eigenvalue weighted by molar-refractivity contribution is 8.18. The second-order valence-corrected chi connectivity index (χ2v) is 7.65. The van der Waals surface area contributed by atoms with Crippen molar-refractivity contribution in [2.75, 3.05) is 19.3 Å². The number of hydrogen-bond donors (Lipinski definition) is 1. The molecule has 0 unspecified atom stereocenters. The van der Waals surface area contributed by atoms with E-state index in [0.29, 0.717) is 10.7 Å². The molecule has 3 rings (SSSR count). The van der Waals surface area contributed by atoms with Gasteiger partial charge in [0.05, 0.1) is 4.91 Å². The van der Waals surface area contributed by atoms with Crippen LogP contribution in [-0.2, 0) is 4.79 Å². The summed E-state index contributed by atoms with van der Waals surface area (Å²) in [6.07, 6.45) is 3.70. The Labute approximate surface area is 165 Å². The van der Waals surface area contributed by atoms with E-state index in [1.54, 1.807) is 36.9 Å². The molecule has 1 aliphatic heterocycles. The third-order valence-electron chi connectivity index (χ3n) is 3.87. The zero-order valence-electron chi connectivity index (χ0n) is 14.9. The maximum Gasteiger partial charge on any atom is 0.293 e. The summed E-state index contributed by atoms with van der Waals surface area (Å²) in [7, 11) is 0. The molecule has 0 saturated carbocycles. The minimum absolute atomic E-state index is 0.110. The van der Waals surface area contributed by atoms with E-state index in [-0.39, 0.29) is 35.9 Å². The summed E-state index contributed by atoms with van der Waals surface area (Å²) < 4.78 is 5.24. The van der Waals surface area contributed by atoms with Crippen molar-refractivity contribution in [1.82, 2.24) is 10.2 Å². The van der Waals surface area contributed by atoms with Crippen LogP contribution in [-0.4, -0.2) is 41.3 Å². The third kappa shape index (κ3) is 4.64. The highest BCUT2D eigenvalue weighted by atomic mass is 32.2. The molecule has 0 bridgehead atoms. The van der Waals surface area contributed by atoms with E-state index in [9.17, 15) is 14.4 Å². The lowest BCUT2D eigenvalue weighted by Crippen LogP contribution is -2.37. The molecule has 1 aromatic heterocycles. The minimum atomic E-state index is -0.375. The highest BCUT2D eigenvalue weighted by Crippen LogP contribution is 2.32. The Bertz CT molecular complexity index is 903. The quantitative estimate of drug-likeness (QED) is 0.585. The van der Waals surface area contributed by atoms with Crippen molar-refractivity contribution in [2.45, 2.75) is 11.8 Å².